The summed E-state index contributed by atoms with van der Waals surface area (Å²) in [5.41, 5.74) is 5.80. The van der Waals surface area contributed by atoms with E-state index in [1.165, 1.54) is 7.11 Å². The summed E-state index contributed by atoms with van der Waals surface area (Å²) in [5.74, 6) is 0.343. The van der Waals surface area contributed by atoms with E-state index >= 15 is 0 Å². The highest BCUT2D eigenvalue weighted by Crippen LogP contribution is 2.29. The number of hydrogen-bond donors (Lipinski definition) is 2. The van der Waals surface area contributed by atoms with Crippen LogP contribution in [0, 0.1) is 5.92 Å². The second-order valence-corrected chi connectivity index (χ2v) is 7.47. The molecule has 0 aromatic heterocycles. The summed E-state index contributed by atoms with van der Waals surface area (Å²) in [6.45, 7) is 2.29. The lowest BCUT2D eigenvalue weighted by molar-refractivity contribution is -0.139. The third-order valence-corrected chi connectivity index (χ3v) is 4.49. The Morgan fingerprint density at radius 3 is 2.33 bits per heavy atom. The number of carbonyl (C=O) groups excluding carboxylic acids is 1. The normalized spacial score (nSPS) is 14.3. The van der Waals surface area contributed by atoms with Crippen LogP contribution in [-0.4, -0.2) is 24.8 Å². The van der Waals surface area contributed by atoms with Gasteiger partial charge in [0.1, 0.15) is 11.5 Å². The topological polar surface area (TPSA) is 81.8 Å². The Balaban J connectivity index is 1.91. The Labute approximate surface area is 169 Å². The zero-order chi connectivity index (χ0) is 20.0. The van der Waals surface area contributed by atoms with Gasteiger partial charge in [-0.15, -0.1) is 0 Å². The monoisotopic (exact) mass is 411 g/mol. The first kappa shape index (κ1) is 21.5. The molecule has 2 rings (SSSR count). The Morgan fingerprint density at radius 2 is 1.78 bits per heavy atom. The minimum atomic E-state index is -1.57. The Kier molecular flexibility index (Phi) is 7.50. The number of hydrogen-bond acceptors (Lipinski definition) is 5. The first-order valence-electron chi connectivity index (χ1n) is 8.46. The van der Waals surface area contributed by atoms with Crippen LogP contribution in [-0.2, 0) is 21.7 Å². The maximum atomic E-state index is 11.3. The molecule has 2 unspecified atom stereocenters. The number of esters is 1. The van der Waals surface area contributed by atoms with Crippen molar-refractivity contribution < 1.29 is 19.4 Å². The molecule has 0 aliphatic carbocycles. The van der Waals surface area contributed by atoms with E-state index in [1.807, 2.05) is 19.1 Å². The molecule has 2 aromatic carbocycles. The fourth-order valence-corrected chi connectivity index (χ4v) is 3.22. The molecule has 2 atom stereocenters. The third kappa shape index (κ3) is 6.70. The van der Waals surface area contributed by atoms with Crippen LogP contribution < -0.4 is 10.5 Å². The van der Waals surface area contributed by atoms with Gasteiger partial charge in [0.25, 0.3) is 0 Å². The first-order valence-corrected chi connectivity index (χ1v) is 9.21. The molecule has 0 saturated heterocycles. The smallest absolute Gasteiger partial charge is 0.309 e. The molecule has 7 heteroatoms. The van der Waals surface area contributed by atoms with Crippen LogP contribution in [0.4, 0.5) is 0 Å². The standard InChI is InChI=1S/C20H23Cl2NO4/c1-13(11-20(23,25)15-8-16(21)10-17(22)9-15)12-27-18-5-3-14(4-6-18)7-19(24)26-2/h3-6,8-10,13,25H,7,11-12,23H2,1-2H3. The van der Waals surface area contributed by atoms with Crippen LogP contribution in [0.5, 0.6) is 5.75 Å². The minimum Gasteiger partial charge on any atom is -0.493 e. The van der Waals surface area contributed by atoms with Crippen molar-refractivity contribution in [2.75, 3.05) is 13.7 Å². The summed E-state index contributed by atoms with van der Waals surface area (Å²) in [6, 6.07) is 12.0. The lowest BCUT2D eigenvalue weighted by Crippen LogP contribution is -2.39. The first-order chi connectivity index (χ1) is 12.7. The lowest BCUT2D eigenvalue weighted by atomic mass is 9.93. The van der Waals surface area contributed by atoms with Crippen LogP contribution in [0.3, 0.4) is 0 Å². The van der Waals surface area contributed by atoms with Gasteiger partial charge in [-0.2, -0.15) is 0 Å². The fourth-order valence-electron chi connectivity index (χ4n) is 2.69. The molecule has 27 heavy (non-hydrogen) atoms. The molecule has 0 bridgehead atoms. The predicted molar refractivity (Wildman–Crippen MR) is 106 cm³/mol. The van der Waals surface area contributed by atoms with Crippen molar-refractivity contribution >= 4 is 29.2 Å². The maximum absolute atomic E-state index is 11.3. The molecule has 0 radical (unpaired) electrons. The molecule has 2 aromatic rings. The van der Waals surface area contributed by atoms with Gasteiger partial charge in [-0.3, -0.25) is 10.5 Å². The Hall–Kier alpha value is -1.79. The zero-order valence-electron chi connectivity index (χ0n) is 15.2. The summed E-state index contributed by atoms with van der Waals surface area (Å²) in [6.07, 6.45) is 0.486. The SMILES string of the molecule is COC(=O)Cc1ccc(OCC(C)CC(N)(O)c2cc(Cl)cc(Cl)c2)cc1. The Morgan fingerprint density at radius 1 is 1.19 bits per heavy atom. The Bertz CT molecular complexity index is 758. The lowest BCUT2D eigenvalue weighted by Gasteiger charge is -2.27. The number of nitrogens with two attached hydrogens (primary N) is 1. The number of rotatable bonds is 8. The molecule has 0 aliphatic rings. The van der Waals surface area contributed by atoms with Crippen molar-refractivity contribution in [3.63, 3.8) is 0 Å². The quantitative estimate of drug-likeness (QED) is 0.508. The second-order valence-electron chi connectivity index (χ2n) is 6.60. The molecule has 3 N–H and O–H groups in total. The van der Waals surface area contributed by atoms with E-state index in [0.29, 0.717) is 28.0 Å². The molecule has 0 amide bonds. The van der Waals surface area contributed by atoms with Gasteiger partial charge < -0.3 is 14.6 Å². The highest BCUT2D eigenvalue weighted by Gasteiger charge is 2.27. The summed E-state index contributed by atoms with van der Waals surface area (Å²) < 4.78 is 10.4. The van der Waals surface area contributed by atoms with Gasteiger partial charge in [-0.25, -0.2) is 0 Å². The highest BCUT2D eigenvalue weighted by molar-refractivity contribution is 6.34. The van der Waals surface area contributed by atoms with E-state index in [0.717, 1.165) is 5.56 Å². The van der Waals surface area contributed by atoms with Crippen LogP contribution in [0.2, 0.25) is 10.0 Å². The fraction of sp³-hybridized carbons (Fsp3) is 0.350. The number of benzene rings is 2. The summed E-state index contributed by atoms with van der Waals surface area (Å²) in [4.78, 5) is 11.3. The number of carbonyl (C=O) groups is 1. The van der Waals surface area contributed by atoms with Crippen molar-refractivity contribution in [3.8, 4) is 5.75 Å². The van der Waals surface area contributed by atoms with Gasteiger partial charge in [0, 0.05) is 15.6 Å². The highest BCUT2D eigenvalue weighted by atomic mass is 35.5. The van der Waals surface area contributed by atoms with E-state index in [2.05, 4.69) is 4.74 Å². The molecule has 0 saturated carbocycles. The number of methoxy groups -OCH3 is 1. The summed E-state index contributed by atoms with van der Waals surface area (Å²) in [7, 11) is 1.36. The van der Waals surface area contributed by atoms with Crippen molar-refractivity contribution in [1.29, 1.82) is 0 Å². The summed E-state index contributed by atoms with van der Waals surface area (Å²) in [5, 5.41) is 11.4. The number of halogens is 2. The van der Waals surface area contributed by atoms with Crippen molar-refractivity contribution in [2.45, 2.75) is 25.5 Å². The number of aliphatic hydroxyl groups is 1. The van der Waals surface area contributed by atoms with E-state index < -0.39 is 5.72 Å². The zero-order valence-corrected chi connectivity index (χ0v) is 16.8. The molecular weight excluding hydrogens is 389 g/mol. The van der Waals surface area contributed by atoms with Crippen molar-refractivity contribution in [1.82, 2.24) is 0 Å². The average molecular weight is 412 g/mol. The van der Waals surface area contributed by atoms with Gasteiger partial charge >= 0.3 is 5.97 Å². The van der Waals surface area contributed by atoms with Crippen molar-refractivity contribution in [3.05, 3.63) is 63.6 Å². The van der Waals surface area contributed by atoms with Crippen LogP contribution in [0.15, 0.2) is 42.5 Å². The van der Waals surface area contributed by atoms with Crippen LogP contribution in [0.25, 0.3) is 0 Å². The van der Waals surface area contributed by atoms with Gasteiger partial charge in [0.05, 0.1) is 20.1 Å². The molecule has 0 aliphatic heterocycles. The van der Waals surface area contributed by atoms with Crippen LogP contribution >= 0.6 is 23.2 Å². The van der Waals surface area contributed by atoms with Gasteiger partial charge in [0.2, 0.25) is 0 Å². The van der Waals surface area contributed by atoms with Gasteiger partial charge in [0.15, 0.2) is 0 Å². The second kappa shape index (κ2) is 9.42. The molecule has 0 heterocycles. The third-order valence-electron chi connectivity index (χ3n) is 4.06. The molecule has 0 spiro atoms. The van der Waals surface area contributed by atoms with Gasteiger partial charge in [-0.05, 0) is 48.2 Å². The molecule has 5 nitrogen and oxygen atoms in total. The largest absolute Gasteiger partial charge is 0.493 e. The van der Waals surface area contributed by atoms with E-state index in [4.69, 9.17) is 33.7 Å². The van der Waals surface area contributed by atoms with Gasteiger partial charge in [-0.1, -0.05) is 42.3 Å². The van der Waals surface area contributed by atoms with Crippen molar-refractivity contribution in [2.24, 2.45) is 11.7 Å². The number of ether oxygens (including phenoxy) is 2. The van der Waals surface area contributed by atoms with E-state index in [1.54, 1.807) is 30.3 Å². The predicted octanol–water partition coefficient (Wildman–Crippen LogP) is 3.92. The summed E-state index contributed by atoms with van der Waals surface area (Å²) >= 11 is 12.0. The average Bonchev–Trinajstić information content (AvgIpc) is 2.60. The van der Waals surface area contributed by atoms with E-state index in [-0.39, 0.29) is 24.7 Å². The van der Waals surface area contributed by atoms with E-state index in [9.17, 15) is 9.90 Å². The minimum absolute atomic E-state index is 0.0347. The molecule has 146 valence electrons. The molecule has 0 fully saturated rings. The van der Waals surface area contributed by atoms with Crippen LogP contribution in [0.1, 0.15) is 24.5 Å². The maximum Gasteiger partial charge on any atom is 0.309 e. The molecular formula is C20H23Cl2NO4.